The summed E-state index contributed by atoms with van der Waals surface area (Å²) in [7, 11) is 1.59. The molecule has 130 valence electrons. The first kappa shape index (κ1) is 16.5. The maximum atomic E-state index is 13.8. The van der Waals surface area contributed by atoms with E-state index in [0.717, 1.165) is 22.0 Å². The van der Waals surface area contributed by atoms with E-state index in [2.05, 4.69) is 15.2 Å². The molecule has 2 aromatic heterocycles. The van der Waals surface area contributed by atoms with E-state index >= 15 is 0 Å². The van der Waals surface area contributed by atoms with E-state index in [-0.39, 0.29) is 5.82 Å². The van der Waals surface area contributed by atoms with Gasteiger partial charge in [0.2, 0.25) is 0 Å². The number of thioether (sulfide) groups is 1. The standard InChI is InChI=1S/C19H14FN3O2S/c1-24-16-7-3-2-6-15(16)18-22-23-19(25-18)26-11-13-10-14(20)9-12-5-4-8-21-17(12)13/h2-10H,11H2,1H3. The van der Waals surface area contributed by atoms with Gasteiger partial charge in [-0.25, -0.2) is 4.39 Å². The SMILES string of the molecule is COc1ccccc1-c1nnc(SCc2cc(F)cc3cccnc23)o1. The summed E-state index contributed by atoms with van der Waals surface area (Å²) in [5.74, 6) is 1.22. The number of benzene rings is 2. The van der Waals surface area contributed by atoms with Crippen molar-refractivity contribution in [3.8, 4) is 17.2 Å². The Morgan fingerprint density at radius 3 is 2.88 bits per heavy atom. The molecule has 5 nitrogen and oxygen atoms in total. The fourth-order valence-electron chi connectivity index (χ4n) is 2.68. The first-order valence-corrected chi connectivity index (χ1v) is 8.86. The molecule has 0 aliphatic rings. The van der Waals surface area contributed by atoms with Crippen molar-refractivity contribution >= 4 is 22.7 Å². The van der Waals surface area contributed by atoms with E-state index in [9.17, 15) is 4.39 Å². The topological polar surface area (TPSA) is 61.0 Å². The van der Waals surface area contributed by atoms with Gasteiger partial charge in [-0.05, 0) is 35.9 Å². The van der Waals surface area contributed by atoms with Gasteiger partial charge in [-0.15, -0.1) is 10.2 Å². The fraction of sp³-hybridized carbons (Fsp3) is 0.105. The molecule has 4 aromatic rings. The van der Waals surface area contributed by atoms with E-state index in [4.69, 9.17) is 9.15 Å². The molecular formula is C19H14FN3O2S. The van der Waals surface area contributed by atoms with Gasteiger partial charge in [0.15, 0.2) is 0 Å². The number of halogens is 1. The van der Waals surface area contributed by atoms with E-state index in [1.165, 1.54) is 23.9 Å². The number of para-hydroxylation sites is 1. The van der Waals surface area contributed by atoms with Crippen LogP contribution in [-0.2, 0) is 5.75 Å². The highest BCUT2D eigenvalue weighted by Gasteiger charge is 2.14. The highest BCUT2D eigenvalue weighted by atomic mass is 32.2. The summed E-state index contributed by atoms with van der Waals surface area (Å²) in [4.78, 5) is 4.35. The molecule has 0 fully saturated rings. The summed E-state index contributed by atoms with van der Waals surface area (Å²) in [6.45, 7) is 0. The lowest BCUT2D eigenvalue weighted by Crippen LogP contribution is -1.89. The zero-order valence-corrected chi connectivity index (χ0v) is 14.7. The Morgan fingerprint density at radius 2 is 2.00 bits per heavy atom. The molecule has 2 aromatic carbocycles. The van der Waals surface area contributed by atoms with Crippen LogP contribution in [-0.4, -0.2) is 22.3 Å². The molecule has 0 N–H and O–H groups in total. The van der Waals surface area contributed by atoms with Gasteiger partial charge in [0.1, 0.15) is 11.6 Å². The van der Waals surface area contributed by atoms with Crippen LogP contribution in [0.25, 0.3) is 22.4 Å². The number of hydrogen-bond acceptors (Lipinski definition) is 6. The molecule has 0 amide bonds. The second kappa shape index (κ2) is 7.13. The highest BCUT2D eigenvalue weighted by Crippen LogP contribution is 2.32. The number of nitrogens with zero attached hydrogens (tertiary/aromatic N) is 3. The predicted octanol–water partition coefficient (Wildman–Crippen LogP) is 4.72. The molecule has 4 rings (SSSR count). The zero-order chi connectivity index (χ0) is 17.9. The minimum absolute atomic E-state index is 0.290. The molecule has 0 saturated carbocycles. The van der Waals surface area contributed by atoms with E-state index < -0.39 is 0 Å². The van der Waals surface area contributed by atoms with Gasteiger partial charge in [-0.2, -0.15) is 0 Å². The third-order valence-electron chi connectivity index (χ3n) is 3.84. The molecule has 0 aliphatic carbocycles. The van der Waals surface area contributed by atoms with Crippen LogP contribution in [0.2, 0.25) is 0 Å². The monoisotopic (exact) mass is 367 g/mol. The van der Waals surface area contributed by atoms with E-state index in [0.29, 0.717) is 22.6 Å². The molecule has 2 heterocycles. The molecule has 0 saturated heterocycles. The lowest BCUT2D eigenvalue weighted by Gasteiger charge is -2.05. The van der Waals surface area contributed by atoms with Gasteiger partial charge < -0.3 is 9.15 Å². The lowest BCUT2D eigenvalue weighted by molar-refractivity contribution is 0.411. The number of hydrogen-bond donors (Lipinski definition) is 0. The van der Waals surface area contributed by atoms with Gasteiger partial charge in [0.25, 0.3) is 11.1 Å². The second-order valence-electron chi connectivity index (χ2n) is 5.50. The highest BCUT2D eigenvalue weighted by molar-refractivity contribution is 7.98. The van der Waals surface area contributed by atoms with Crippen molar-refractivity contribution < 1.29 is 13.5 Å². The number of aromatic nitrogens is 3. The van der Waals surface area contributed by atoms with Crippen molar-refractivity contribution in [2.45, 2.75) is 11.0 Å². The first-order valence-electron chi connectivity index (χ1n) is 7.87. The number of fused-ring (bicyclic) bond motifs is 1. The Hall–Kier alpha value is -2.93. The van der Waals surface area contributed by atoms with Gasteiger partial charge in [0.05, 0.1) is 18.2 Å². The molecule has 0 radical (unpaired) electrons. The summed E-state index contributed by atoms with van der Waals surface area (Å²) in [5, 5.41) is 9.31. The number of ether oxygens (including phenoxy) is 1. The van der Waals surface area contributed by atoms with Crippen LogP contribution in [0.4, 0.5) is 4.39 Å². The average molecular weight is 367 g/mol. The number of methoxy groups -OCH3 is 1. The fourth-order valence-corrected chi connectivity index (χ4v) is 3.41. The smallest absolute Gasteiger partial charge is 0.277 e. The molecular weight excluding hydrogens is 353 g/mol. The number of pyridine rings is 1. The van der Waals surface area contributed by atoms with Crippen molar-refractivity contribution in [3.05, 3.63) is 66.1 Å². The molecule has 0 spiro atoms. The normalized spacial score (nSPS) is 11.0. The van der Waals surface area contributed by atoms with Gasteiger partial charge in [-0.1, -0.05) is 30.0 Å². The Morgan fingerprint density at radius 1 is 1.12 bits per heavy atom. The Balaban J connectivity index is 1.58. The minimum Gasteiger partial charge on any atom is -0.496 e. The second-order valence-corrected chi connectivity index (χ2v) is 6.43. The average Bonchev–Trinajstić information content (AvgIpc) is 3.14. The van der Waals surface area contributed by atoms with Crippen LogP contribution >= 0.6 is 11.8 Å². The van der Waals surface area contributed by atoms with Crippen LogP contribution in [0.3, 0.4) is 0 Å². The summed E-state index contributed by atoms with van der Waals surface area (Å²) >= 11 is 1.34. The minimum atomic E-state index is -0.290. The van der Waals surface area contributed by atoms with Crippen molar-refractivity contribution in [2.75, 3.05) is 7.11 Å². The van der Waals surface area contributed by atoms with E-state index in [1.807, 2.05) is 30.3 Å². The molecule has 7 heteroatoms. The molecule has 26 heavy (non-hydrogen) atoms. The van der Waals surface area contributed by atoms with Gasteiger partial charge in [-0.3, -0.25) is 4.98 Å². The third-order valence-corrected chi connectivity index (χ3v) is 4.71. The number of rotatable bonds is 5. The zero-order valence-electron chi connectivity index (χ0n) is 13.8. The van der Waals surface area contributed by atoms with Crippen LogP contribution in [0.5, 0.6) is 5.75 Å². The molecule has 0 unspecified atom stereocenters. The largest absolute Gasteiger partial charge is 0.496 e. The van der Waals surface area contributed by atoms with Crippen LogP contribution < -0.4 is 4.74 Å². The summed E-state index contributed by atoms with van der Waals surface area (Å²) in [6, 6.07) is 14.0. The summed E-state index contributed by atoms with van der Waals surface area (Å²) in [5.41, 5.74) is 2.28. The maximum Gasteiger partial charge on any atom is 0.277 e. The first-order chi connectivity index (χ1) is 12.7. The van der Waals surface area contributed by atoms with E-state index in [1.54, 1.807) is 19.4 Å². The third kappa shape index (κ3) is 3.25. The summed E-state index contributed by atoms with van der Waals surface area (Å²) < 4.78 is 24.9. The van der Waals surface area contributed by atoms with Gasteiger partial charge >= 0.3 is 0 Å². The maximum absolute atomic E-state index is 13.8. The van der Waals surface area contributed by atoms with Crippen molar-refractivity contribution in [2.24, 2.45) is 0 Å². The van der Waals surface area contributed by atoms with Crippen molar-refractivity contribution in [1.82, 2.24) is 15.2 Å². The lowest BCUT2D eigenvalue weighted by atomic mass is 10.1. The Labute approximate surface area is 153 Å². The van der Waals surface area contributed by atoms with Crippen molar-refractivity contribution in [3.63, 3.8) is 0 Å². The quantitative estimate of drug-likeness (QED) is 0.476. The molecule has 0 atom stereocenters. The van der Waals surface area contributed by atoms with Crippen molar-refractivity contribution in [1.29, 1.82) is 0 Å². The Bertz CT molecular complexity index is 1070. The Kier molecular flexibility index (Phi) is 4.53. The van der Waals surface area contributed by atoms with Gasteiger partial charge in [0, 0.05) is 17.3 Å². The molecule has 0 aliphatic heterocycles. The van der Waals surface area contributed by atoms with Crippen LogP contribution in [0.15, 0.2) is 64.4 Å². The molecule has 0 bridgehead atoms. The summed E-state index contributed by atoms with van der Waals surface area (Å²) in [6.07, 6.45) is 1.70. The predicted molar refractivity (Wildman–Crippen MR) is 97.5 cm³/mol. The van der Waals surface area contributed by atoms with Crippen LogP contribution in [0, 0.1) is 5.82 Å². The van der Waals surface area contributed by atoms with Crippen LogP contribution in [0.1, 0.15) is 5.56 Å².